The van der Waals surface area contributed by atoms with Gasteiger partial charge in [0.15, 0.2) is 0 Å². The van der Waals surface area contributed by atoms with Crippen LogP contribution in [0.5, 0.6) is 0 Å². The number of hydrogen-bond donors (Lipinski definition) is 1. The smallest absolute Gasteiger partial charge is 0.353 e. The number of nitrogens with one attached hydrogen (secondary N) is 1. The van der Waals surface area contributed by atoms with E-state index in [1.54, 1.807) is 0 Å². The molecule has 1 aliphatic rings. The van der Waals surface area contributed by atoms with Crippen molar-refractivity contribution >= 4 is 11.5 Å². The van der Waals surface area contributed by atoms with E-state index in [2.05, 4.69) is 10.3 Å². The Hall–Kier alpha value is -2.90. The highest BCUT2D eigenvalue weighted by Crippen LogP contribution is 2.33. The first-order valence-electron chi connectivity index (χ1n) is 8.49. The summed E-state index contributed by atoms with van der Waals surface area (Å²) in [5.74, 6) is -0.538. The molecule has 27 heavy (non-hydrogen) atoms. The van der Waals surface area contributed by atoms with Gasteiger partial charge in [0, 0.05) is 17.8 Å². The van der Waals surface area contributed by atoms with Gasteiger partial charge in [-0.15, -0.1) is 0 Å². The second-order valence-electron chi connectivity index (χ2n) is 6.54. The largest absolute Gasteiger partial charge is 0.416 e. The molecule has 0 unspecified atom stereocenters. The van der Waals surface area contributed by atoms with E-state index in [1.165, 1.54) is 28.8 Å². The molecule has 0 spiro atoms. The van der Waals surface area contributed by atoms with Crippen LogP contribution in [0, 0.1) is 5.82 Å². The van der Waals surface area contributed by atoms with E-state index >= 15 is 0 Å². The summed E-state index contributed by atoms with van der Waals surface area (Å²) in [6, 6.07) is 7.36. The highest BCUT2D eigenvalue weighted by atomic mass is 19.4. The first-order valence-corrected chi connectivity index (χ1v) is 8.49. The zero-order chi connectivity index (χ0) is 19.2. The monoisotopic (exact) mass is 377 g/mol. The van der Waals surface area contributed by atoms with Crippen molar-refractivity contribution in [2.24, 2.45) is 0 Å². The zero-order valence-corrected chi connectivity index (χ0v) is 14.1. The first-order chi connectivity index (χ1) is 12.8. The molecule has 2 heterocycles. The van der Waals surface area contributed by atoms with E-state index in [1.807, 2.05) is 0 Å². The number of anilines is 1. The molecule has 1 saturated carbocycles. The minimum absolute atomic E-state index is 0.0447. The summed E-state index contributed by atoms with van der Waals surface area (Å²) in [7, 11) is 0. The lowest BCUT2D eigenvalue weighted by Gasteiger charge is -2.27. The van der Waals surface area contributed by atoms with Crippen LogP contribution in [0.15, 0.2) is 47.4 Å². The van der Waals surface area contributed by atoms with Gasteiger partial charge in [-0.05, 0) is 37.5 Å². The fourth-order valence-corrected chi connectivity index (χ4v) is 3.12. The number of nitrogens with zero attached hydrogens (tertiary/aromatic N) is 2. The van der Waals surface area contributed by atoms with Crippen molar-refractivity contribution in [3.8, 4) is 11.1 Å². The van der Waals surface area contributed by atoms with Gasteiger partial charge in [-0.25, -0.2) is 4.39 Å². The molecule has 140 valence electrons. The molecule has 3 aromatic rings. The molecule has 0 saturated heterocycles. The Balaban J connectivity index is 2.01. The van der Waals surface area contributed by atoms with Crippen LogP contribution in [-0.2, 0) is 6.18 Å². The number of alkyl halides is 3. The minimum Gasteiger partial charge on any atom is -0.353 e. The van der Waals surface area contributed by atoms with Crippen LogP contribution < -0.4 is 10.9 Å². The maximum atomic E-state index is 14.3. The summed E-state index contributed by atoms with van der Waals surface area (Å²) in [5, 5.41) is 3.09. The molecule has 8 heteroatoms. The Bertz CT molecular complexity index is 1070. The van der Waals surface area contributed by atoms with E-state index in [9.17, 15) is 22.4 Å². The lowest BCUT2D eigenvalue weighted by molar-refractivity contribution is -0.137. The van der Waals surface area contributed by atoms with E-state index in [-0.39, 0.29) is 28.6 Å². The average molecular weight is 377 g/mol. The predicted molar refractivity (Wildman–Crippen MR) is 93.1 cm³/mol. The van der Waals surface area contributed by atoms with Gasteiger partial charge >= 0.3 is 6.18 Å². The number of rotatable bonds is 3. The number of benzene rings is 1. The fourth-order valence-electron chi connectivity index (χ4n) is 3.12. The van der Waals surface area contributed by atoms with Gasteiger partial charge in [-0.3, -0.25) is 9.20 Å². The molecule has 2 aromatic heterocycles. The number of pyridine rings is 1. The average Bonchev–Trinajstić information content (AvgIpc) is 2.58. The Kier molecular flexibility index (Phi) is 4.13. The van der Waals surface area contributed by atoms with E-state index < -0.39 is 23.1 Å². The second kappa shape index (κ2) is 6.37. The molecule has 4 nitrogen and oxygen atoms in total. The molecule has 0 aliphatic heterocycles. The van der Waals surface area contributed by atoms with Gasteiger partial charge in [0.25, 0.3) is 5.56 Å². The van der Waals surface area contributed by atoms with Crippen molar-refractivity contribution < 1.29 is 17.6 Å². The van der Waals surface area contributed by atoms with Crippen molar-refractivity contribution in [1.29, 1.82) is 0 Å². The highest BCUT2D eigenvalue weighted by molar-refractivity contribution is 5.81. The maximum Gasteiger partial charge on any atom is 0.416 e. The zero-order valence-electron chi connectivity index (χ0n) is 14.1. The third kappa shape index (κ3) is 3.15. The predicted octanol–water partition coefficient (Wildman–Crippen LogP) is 4.48. The van der Waals surface area contributed by atoms with Crippen LogP contribution in [0.25, 0.3) is 16.6 Å². The normalized spacial score (nSPS) is 15.0. The van der Waals surface area contributed by atoms with Gasteiger partial charge in [-0.2, -0.15) is 18.2 Å². The SMILES string of the molecule is O=c1nc(NC2CCC2)n2ccc(C(F)(F)F)cc2c1-c1ccccc1F. The minimum atomic E-state index is -4.59. The summed E-state index contributed by atoms with van der Waals surface area (Å²) in [6.45, 7) is 0. The van der Waals surface area contributed by atoms with Crippen LogP contribution in [0.4, 0.5) is 23.5 Å². The van der Waals surface area contributed by atoms with E-state index in [0.29, 0.717) is 0 Å². The Morgan fingerprint density at radius 2 is 1.89 bits per heavy atom. The molecule has 0 amide bonds. The summed E-state index contributed by atoms with van der Waals surface area (Å²) >= 11 is 0. The van der Waals surface area contributed by atoms with Crippen LogP contribution in [0.2, 0.25) is 0 Å². The molecule has 0 atom stereocenters. The van der Waals surface area contributed by atoms with Crippen LogP contribution in [-0.4, -0.2) is 15.4 Å². The third-order valence-corrected chi connectivity index (χ3v) is 4.77. The molecule has 1 aliphatic carbocycles. The van der Waals surface area contributed by atoms with Crippen molar-refractivity contribution in [2.45, 2.75) is 31.5 Å². The van der Waals surface area contributed by atoms with E-state index in [4.69, 9.17) is 0 Å². The first kappa shape index (κ1) is 17.5. The van der Waals surface area contributed by atoms with Crippen LogP contribution in [0.1, 0.15) is 24.8 Å². The van der Waals surface area contributed by atoms with E-state index in [0.717, 1.165) is 37.5 Å². The summed E-state index contributed by atoms with van der Waals surface area (Å²) in [4.78, 5) is 16.6. The maximum absolute atomic E-state index is 14.3. The van der Waals surface area contributed by atoms with Crippen LogP contribution >= 0.6 is 0 Å². The van der Waals surface area contributed by atoms with Gasteiger partial charge < -0.3 is 5.32 Å². The molecular formula is C19H15F4N3O. The molecule has 0 radical (unpaired) electrons. The second-order valence-corrected chi connectivity index (χ2v) is 6.54. The Labute approximate surface area is 151 Å². The molecular weight excluding hydrogens is 362 g/mol. The van der Waals surface area contributed by atoms with Crippen molar-refractivity contribution in [1.82, 2.24) is 9.38 Å². The van der Waals surface area contributed by atoms with Crippen molar-refractivity contribution in [2.75, 3.05) is 5.32 Å². The number of fused-ring (bicyclic) bond motifs is 1. The summed E-state index contributed by atoms with van der Waals surface area (Å²) < 4.78 is 55.3. The Morgan fingerprint density at radius 1 is 1.15 bits per heavy atom. The Morgan fingerprint density at radius 3 is 2.52 bits per heavy atom. The summed E-state index contributed by atoms with van der Waals surface area (Å²) in [6.07, 6.45) is -0.553. The van der Waals surface area contributed by atoms with Gasteiger partial charge in [0.1, 0.15) is 5.82 Å². The summed E-state index contributed by atoms with van der Waals surface area (Å²) in [5.41, 5.74) is -2.02. The quantitative estimate of drug-likeness (QED) is 0.685. The molecule has 4 rings (SSSR count). The third-order valence-electron chi connectivity index (χ3n) is 4.77. The lowest BCUT2D eigenvalue weighted by Crippen LogP contribution is -2.30. The lowest BCUT2D eigenvalue weighted by atomic mass is 9.93. The number of aromatic nitrogens is 2. The molecule has 1 fully saturated rings. The van der Waals surface area contributed by atoms with Crippen molar-refractivity contribution in [3.05, 3.63) is 64.3 Å². The van der Waals surface area contributed by atoms with Gasteiger partial charge in [-0.1, -0.05) is 18.2 Å². The standard InChI is InChI=1S/C19H15F4N3O/c20-14-7-2-1-6-13(14)16-15-10-11(19(21,22)23)8-9-26(15)18(25-17(16)27)24-12-4-3-5-12/h1-2,6-10,12H,3-5H2,(H,24,25,27). The van der Waals surface area contributed by atoms with Crippen LogP contribution in [0.3, 0.4) is 0 Å². The number of hydrogen-bond acceptors (Lipinski definition) is 3. The molecule has 0 bridgehead atoms. The highest BCUT2D eigenvalue weighted by Gasteiger charge is 2.31. The molecule has 1 aromatic carbocycles. The van der Waals surface area contributed by atoms with Gasteiger partial charge in [0.2, 0.25) is 5.95 Å². The molecule has 1 N–H and O–H groups in total. The van der Waals surface area contributed by atoms with Crippen molar-refractivity contribution in [3.63, 3.8) is 0 Å². The fraction of sp³-hybridized carbons (Fsp3) is 0.263. The number of halogens is 4. The topological polar surface area (TPSA) is 46.4 Å². The van der Waals surface area contributed by atoms with Gasteiger partial charge in [0.05, 0.1) is 16.6 Å².